The van der Waals surface area contributed by atoms with E-state index in [1.165, 1.54) is 6.26 Å². The van der Waals surface area contributed by atoms with Crippen LogP contribution in [0, 0.1) is 0 Å². The maximum Gasteiger partial charge on any atom is 0.147 e. The van der Waals surface area contributed by atoms with Crippen LogP contribution < -0.4 is 0 Å². The van der Waals surface area contributed by atoms with Crippen LogP contribution >= 0.6 is 0 Å². The van der Waals surface area contributed by atoms with Gasteiger partial charge >= 0.3 is 0 Å². The maximum absolute atomic E-state index is 10.7. The maximum atomic E-state index is 10.7. The lowest BCUT2D eigenvalue weighted by Crippen LogP contribution is -2.18. The molecule has 0 atom stereocenters. The first kappa shape index (κ1) is 9.51. The van der Waals surface area contributed by atoms with Crippen molar-refractivity contribution in [3.05, 3.63) is 0 Å². The average Bonchev–Trinajstić information content (AvgIpc) is 2.36. The minimum atomic E-state index is -2.79. The largest absolute Gasteiger partial charge is 0.297 e. The molecule has 0 aromatic rings. The Kier molecular flexibility index (Phi) is 3.08. The van der Waals surface area contributed by atoms with Gasteiger partial charge in [-0.1, -0.05) is 0 Å². The Balaban J connectivity index is 2.14. The molecule has 12 heavy (non-hydrogen) atoms. The monoisotopic (exact) mass is 190 g/mol. The van der Waals surface area contributed by atoms with Crippen LogP contribution in [0.5, 0.6) is 0 Å². The number of rotatable bonds is 4. The summed E-state index contributed by atoms with van der Waals surface area (Å²) in [5.41, 5.74) is 0. The molecule has 0 amide bonds. The van der Waals surface area contributed by atoms with E-state index in [1.807, 2.05) is 11.2 Å². The van der Waals surface area contributed by atoms with Crippen molar-refractivity contribution in [2.24, 2.45) is 5.10 Å². The van der Waals surface area contributed by atoms with E-state index in [0.717, 1.165) is 19.5 Å². The number of nitrogens with zero attached hydrogens (tertiary/aromatic N) is 2. The smallest absolute Gasteiger partial charge is 0.147 e. The molecule has 0 unspecified atom stereocenters. The van der Waals surface area contributed by atoms with Gasteiger partial charge in [-0.3, -0.25) is 5.01 Å². The van der Waals surface area contributed by atoms with Gasteiger partial charge in [0.05, 0.1) is 5.75 Å². The second kappa shape index (κ2) is 3.89. The molecule has 0 aromatic heterocycles. The fourth-order valence-electron chi connectivity index (χ4n) is 1.12. The Hall–Kier alpha value is -0.580. The van der Waals surface area contributed by atoms with E-state index in [4.69, 9.17) is 0 Å². The third-order valence-corrected chi connectivity index (χ3v) is 2.72. The molecule has 1 aliphatic heterocycles. The number of hydrogen-bond donors (Lipinski definition) is 0. The first-order chi connectivity index (χ1) is 5.58. The second-order valence-electron chi connectivity index (χ2n) is 3.02. The SMILES string of the molecule is CS(=O)(=O)CCCN1CCC=N1. The van der Waals surface area contributed by atoms with Crippen LogP contribution in [-0.2, 0) is 9.84 Å². The van der Waals surface area contributed by atoms with E-state index < -0.39 is 9.84 Å². The van der Waals surface area contributed by atoms with E-state index in [0.29, 0.717) is 6.42 Å². The van der Waals surface area contributed by atoms with Crippen molar-refractivity contribution in [2.45, 2.75) is 12.8 Å². The van der Waals surface area contributed by atoms with Gasteiger partial charge in [-0.2, -0.15) is 5.10 Å². The molecular formula is C7H14N2O2S. The molecule has 0 aromatic carbocycles. The van der Waals surface area contributed by atoms with Crippen molar-refractivity contribution in [1.82, 2.24) is 5.01 Å². The highest BCUT2D eigenvalue weighted by Gasteiger charge is 2.07. The Morgan fingerprint density at radius 2 is 2.33 bits per heavy atom. The number of sulfone groups is 1. The molecule has 0 fully saturated rings. The highest BCUT2D eigenvalue weighted by molar-refractivity contribution is 7.90. The van der Waals surface area contributed by atoms with Gasteiger partial charge in [0.1, 0.15) is 9.84 Å². The molecule has 1 heterocycles. The molecule has 0 saturated heterocycles. The zero-order chi connectivity index (χ0) is 9.03. The van der Waals surface area contributed by atoms with Crippen LogP contribution in [0.3, 0.4) is 0 Å². The molecule has 1 rings (SSSR count). The van der Waals surface area contributed by atoms with Crippen LogP contribution in [0.4, 0.5) is 0 Å². The highest BCUT2D eigenvalue weighted by Crippen LogP contribution is 2.01. The minimum Gasteiger partial charge on any atom is -0.297 e. The summed E-state index contributed by atoms with van der Waals surface area (Å²) in [6.07, 6.45) is 4.79. The van der Waals surface area contributed by atoms with Crippen molar-refractivity contribution in [3.8, 4) is 0 Å². The van der Waals surface area contributed by atoms with Gasteiger partial charge in [0.25, 0.3) is 0 Å². The quantitative estimate of drug-likeness (QED) is 0.632. The normalized spacial score (nSPS) is 17.2. The second-order valence-corrected chi connectivity index (χ2v) is 5.28. The van der Waals surface area contributed by atoms with Crippen molar-refractivity contribution in [3.63, 3.8) is 0 Å². The fraction of sp³-hybridized carbons (Fsp3) is 0.857. The lowest BCUT2D eigenvalue weighted by atomic mass is 10.4. The Bertz CT molecular complexity index is 259. The standard InChI is InChI=1S/C7H14N2O2S/c1-12(10,11)7-3-6-9-5-2-4-8-9/h4H,2-3,5-7H2,1H3. The fourth-order valence-corrected chi connectivity index (χ4v) is 1.77. The highest BCUT2D eigenvalue weighted by atomic mass is 32.2. The number of hydrogen-bond acceptors (Lipinski definition) is 4. The lowest BCUT2D eigenvalue weighted by Gasteiger charge is -2.12. The van der Waals surface area contributed by atoms with Crippen LogP contribution in [-0.4, -0.2) is 44.7 Å². The zero-order valence-electron chi connectivity index (χ0n) is 7.23. The van der Waals surface area contributed by atoms with Gasteiger partial charge in [-0.05, 0) is 6.42 Å². The van der Waals surface area contributed by atoms with Gasteiger partial charge in [0.15, 0.2) is 0 Å². The minimum absolute atomic E-state index is 0.263. The van der Waals surface area contributed by atoms with Gasteiger partial charge in [0, 0.05) is 32.0 Å². The molecule has 0 N–H and O–H groups in total. The molecule has 0 spiro atoms. The van der Waals surface area contributed by atoms with Crippen molar-refractivity contribution in [2.75, 3.05) is 25.1 Å². The Morgan fingerprint density at radius 3 is 2.83 bits per heavy atom. The molecule has 0 aliphatic carbocycles. The van der Waals surface area contributed by atoms with Gasteiger partial charge in [-0.15, -0.1) is 0 Å². The Morgan fingerprint density at radius 1 is 1.58 bits per heavy atom. The summed E-state index contributed by atoms with van der Waals surface area (Å²) in [5, 5.41) is 5.98. The predicted molar refractivity (Wildman–Crippen MR) is 49.0 cm³/mol. The first-order valence-corrected chi connectivity index (χ1v) is 6.09. The molecule has 0 bridgehead atoms. The number of hydrazone groups is 1. The van der Waals surface area contributed by atoms with E-state index >= 15 is 0 Å². The van der Waals surface area contributed by atoms with Crippen molar-refractivity contribution >= 4 is 16.1 Å². The third-order valence-electron chi connectivity index (χ3n) is 1.69. The van der Waals surface area contributed by atoms with Crippen LogP contribution in [0.25, 0.3) is 0 Å². The molecule has 5 heteroatoms. The van der Waals surface area contributed by atoms with Gasteiger partial charge in [0.2, 0.25) is 0 Å². The van der Waals surface area contributed by atoms with Gasteiger partial charge < -0.3 is 0 Å². The van der Waals surface area contributed by atoms with E-state index in [1.54, 1.807) is 0 Å². The van der Waals surface area contributed by atoms with Crippen LogP contribution in [0.2, 0.25) is 0 Å². The van der Waals surface area contributed by atoms with E-state index in [-0.39, 0.29) is 5.75 Å². The van der Waals surface area contributed by atoms with Crippen LogP contribution in [0.1, 0.15) is 12.8 Å². The summed E-state index contributed by atoms with van der Waals surface area (Å²) in [7, 11) is -2.79. The molecule has 0 saturated carbocycles. The van der Waals surface area contributed by atoms with Crippen molar-refractivity contribution < 1.29 is 8.42 Å². The lowest BCUT2D eigenvalue weighted by molar-refractivity contribution is 0.319. The van der Waals surface area contributed by atoms with E-state index in [2.05, 4.69) is 5.10 Å². The molecule has 70 valence electrons. The predicted octanol–water partition coefficient (Wildman–Crippen LogP) is 0.113. The summed E-state index contributed by atoms with van der Waals surface area (Å²) in [6.45, 7) is 1.69. The first-order valence-electron chi connectivity index (χ1n) is 4.03. The average molecular weight is 190 g/mol. The van der Waals surface area contributed by atoms with Crippen molar-refractivity contribution in [1.29, 1.82) is 0 Å². The summed E-state index contributed by atoms with van der Waals surface area (Å²) < 4.78 is 21.5. The summed E-state index contributed by atoms with van der Waals surface area (Å²) >= 11 is 0. The van der Waals surface area contributed by atoms with E-state index in [9.17, 15) is 8.42 Å². The molecule has 1 aliphatic rings. The topological polar surface area (TPSA) is 49.7 Å². The van der Waals surface area contributed by atoms with Crippen LogP contribution in [0.15, 0.2) is 5.10 Å². The third kappa shape index (κ3) is 3.71. The summed E-state index contributed by atoms with van der Waals surface area (Å²) in [5.74, 6) is 0.263. The Labute approximate surface area is 73.2 Å². The van der Waals surface area contributed by atoms with Gasteiger partial charge in [-0.25, -0.2) is 8.42 Å². The molecule has 4 nitrogen and oxygen atoms in total. The summed E-state index contributed by atoms with van der Waals surface area (Å²) in [6, 6.07) is 0. The zero-order valence-corrected chi connectivity index (χ0v) is 8.05. The molecular weight excluding hydrogens is 176 g/mol. The molecule has 0 radical (unpaired) electrons. The summed E-state index contributed by atoms with van der Waals surface area (Å²) in [4.78, 5) is 0.